The summed E-state index contributed by atoms with van der Waals surface area (Å²) in [5.74, 6) is 0.540. The highest BCUT2D eigenvalue weighted by Crippen LogP contribution is 2.39. The van der Waals surface area contributed by atoms with Crippen molar-refractivity contribution in [2.24, 2.45) is 0 Å². The lowest BCUT2D eigenvalue weighted by Gasteiger charge is -2.18. The average Bonchev–Trinajstić information content (AvgIpc) is 3.34. The summed E-state index contributed by atoms with van der Waals surface area (Å²) in [6, 6.07) is 16.6. The average molecular weight is 478 g/mol. The predicted octanol–water partition coefficient (Wildman–Crippen LogP) is 6.16. The Labute approximate surface area is 178 Å². The van der Waals surface area contributed by atoms with Crippen LogP contribution in [0.15, 0.2) is 63.7 Å². The summed E-state index contributed by atoms with van der Waals surface area (Å²) in [5, 5.41) is 1.08. The molecule has 5 nitrogen and oxygen atoms in total. The number of benzene rings is 2. The first-order valence-corrected chi connectivity index (χ1v) is 10.3. The summed E-state index contributed by atoms with van der Waals surface area (Å²) < 4.78 is 12.1. The van der Waals surface area contributed by atoms with E-state index in [0.717, 1.165) is 10.3 Å². The van der Waals surface area contributed by atoms with E-state index < -0.39 is 0 Å². The van der Waals surface area contributed by atoms with Gasteiger partial charge in [0.05, 0.1) is 23.4 Å². The Balaban J connectivity index is 1.82. The van der Waals surface area contributed by atoms with Crippen molar-refractivity contribution in [3.05, 3.63) is 75.6 Å². The van der Waals surface area contributed by atoms with Crippen molar-refractivity contribution in [3.63, 3.8) is 0 Å². The maximum absolute atomic E-state index is 13.2. The van der Waals surface area contributed by atoms with Gasteiger partial charge in [-0.15, -0.1) is 0 Å². The molecule has 142 valence electrons. The lowest BCUT2D eigenvalue weighted by atomic mass is 10.2. The normalized spacial score (nSPS) is 11.0. The molecule has 0 aliphatic carbocycles. The number of methoxy groups -OCH3 is 1. The van der Waals surface area contributed by atoms with Crippen molar-refractivity contribution in [1.29, 1.82) is 0 Å². The van der Waals surface area contributed by atoms with Crippen molar-refractivity contribution >= 4 is 60.1 Å². The summed E-state index contributed by atoms with van der Waals surface area (Å²) in [6.07, 6.45) is 0. The fourth-order valence-corrected chi connectivity index (χ4v) is 4.34. The molecule has 4 aromatic rings. The molecule has 0 spiro atoms. The lowest BCUT2D eigenvalue weighted by Crippen LogP contribution is -2.30. The van der Waals surface area contributed by atoms with E-state index in [0.29, 0.717) is 32.6 Å². The molecule has 2 heterocycles. The smallest absolute Gasteiger partial charge is 0.296 e. The van der Waals surface area contributed by atoms with Crippen LogP contribution >= 0.6 is 38.9 Å². The van der Waals surface area contributed by atoms with Crippen molar-refractivity contribution in [1.82, 2.24) is 4.98 Å². The minimum absolute atomic E-state index is 0.222. The Morgan fingerprint density at radius 3 is 2.68 bits per heavy atom. The van der Waals surface area contributed by atoms with E-state index in [1.807, 2.05) is 30.3 Å². The van der Waals surface area contributed by atoms with Crippen LogP contribution < -0.4 is 9.64 Å². The zero-order valence-electron chi connectivity index (χ0n) is 14.7. The molecule has 1 amide bonds. The number of fused-ring (bicyclic) bond motifs is 1. The molecular weight excluding hydrogens is 464 g/mol. The van der Waals surface area contributed by atoms with Gasteiger partial charge in [-0.2, -0.15) is 0 Å². The molecule has 28 heavy (non-hydrogen) atoms. The Morgan fingerprint density at radius 1 is 1.21 bits per heavy atom. The maximum Gasteiger partial charge on any atom is 0.296 e. The minimum atomic E-state index is -0.288. The van der Waals surface area contributed by atoms with Crippen LogP contribution in [-0.4, -0.2) is 18.0 Å². The number of ether oxygens (including phenoxy) is 1. The molecule has 0 fully saturated rings. The van der Waals surface area contributed by atoms with E-state index in [4.69, 9.17) is 20.8 Å². The summed E-state index contributed by atoms with van der Waals surface area (Å²) in [7, 11) is 1.58. The minimum Gasteiger partial charge on any atom is -0.494 e. The molecule has 0 radical (unpaired) electrons. The molecule has 0 N–H and O–H groups in total. The molecule has 0 saturated heterocycles. The fraction of sp³-hybridized carbons (Fsp3) is 0.100. The number of carbonyl (C=O) groups excluding carboxylic acids is 1. The van der Waals surface area contributed by atoms with Gasteiger partial charge in [-0.3, -0.25) is 9.69 Å². The molecule has 2 aromatic carbocycles. The highest BCUT2D eigenvalue weighted by atomic mass is 79.9. The predicted molar refractivity (Wildman–Crippen MR) is 115 cm³/mol. The zero-order valence-corrected chi connectivity index (χ0v) is 17.8. The van der Waals surface area contributed by atoms with Crippen LogP contribution in [0.2, 0.25) is 5.02 Å². The number of hydrogen-bond acceptors (Lipinski definition) is 5. The molecule has 0 atom stereocenters. The van der Waals surface area contributed by atoms with Gasteiger partial charge in [0, 0.05) is 0 Å². The van der Waals surface area contributed by atoms with Crippen LogP contribution in [-0.2, 0) is 6.54 Å². The van der Waals surface area contributed by atoms with Gasteiger partial charge in [-0.1, -0.05) is 53.3 Å². The van der Waals surface area contributed by atoms with Crippen LogP contribution in [0.4, 0.5) is 5.13 Å². The summed E-state index contributed by atoms with van der Waals surface area (Å²) in [5.41, 5.74) is 1.60. The van der Waals surface area contributed by atoms with E-state index in [2.05, 4.69) is 20.9 Å². The summed E-state index contributed by atoms with van der Waals surface area (Å²) in [4.78, 5) is 19.4. The molecule has 0 bridgehead atoms. The molecule has 2 aromatic heterocycles. The number of amides is 1. The van der Waals surface area contributed by atoms with E-state index >= 15 is 0 Å². The Kier molecular flexibility index (Phi) is 5.39. The van der Waals surface area contributed by atoms with Crippen LogP contribution in [0.25, 0.3) is 10.2 Å². The van der Waals surface area contributed by atoms with Crippen LogP contribution in [0.1, 0.15) is 16.1 Å². The lowest BCUT2D eigenvalue weighted by molar-refractivity contribution is 0.0957. The first-order valence-electron chi connectivity index (χ1n) is 8.31. The number of halogens is 2. The molecular formula is C20H14BrClN2O3S. The van der Waals surface area contributed by atoms with Crippen molar-refractivity contribution in [2.45, 2.75) is 6.54 Å². The van der Waals surface area contributed by atoms with Crippen LogP contribution in [0.5, 0.6) is 5.75 Å². The van der Waals surface area contributed by atoms with Crippen molar-refractivity contribution < 1.29 is 13.9 Å². The van der Waals surface area contributed by atoms with Gasteiger partial charge in [0.2, 0.25) is 0 Å². The van der Waals surface area contributed by atoms with Crippen LogP contribution in [0, 0.1) is 0 Å². The zero-order chi connectivity index (χ0) is 19.7. The number of thiazole rings is 1. The standard InChI is InChI=1S/C20H14BrClN2O3S/c1-26-14-8-7-13(22)18-17(14)23-20(28-18)24(11-12-5-3-2-4-6-12)19(25)15-9-10-16(21)27-15/h2-10H,11H2,1H3. The number of furan rings is 1. The monoisotopic (exact) mass is 476 g/mol. The number of anilines is 1. The van der Waals surface area contributed by atoms with Crippen molar-refractivity contribution in [2.75, 3.05) is 12.0 Å². The Morgan fingerprint density at radius 2 is 2.00 bits per heavy atom. The maximum atomic E-state index is 13.2. The quantitative estimate of drug-likeness (QED) is 0.345. The third kappa shape index (κ3) is 3.65. The van der Waals surface area contributed by atoms with Gasteiger partial charge in [0.1, 0.15) is 11.3 Å². The first-order chi connectivity index (χ1) is 13.6. The number of rotatable bonds is 5. The second kappa shape index (κ2) is 7.95. The number of nitrogens with zero attached hydrogens (tertiary/aromatic N) is 2. The third-order valence-corrected chi connectivity index (χ3v) is 6.08. The largest absolute Gasteiger partial charge is 0.494 e. The number of aromatic nitrogens is 1. The fourth-order valence-electron chi connectivity index (χ4n) is 2.78. The van der Waals surface area contributed by atoms with Gasteiger partial charge >= 0.3 is 0 Å². The molecule has 4 rings (SSSR count). The number of carbonyl (C=O) groups is 1. The summed E-state index contributed by atoms with van der Waals surface area (Å²) >= 11 is 10.9. The van der Waals surface area contributed by atoms with E-state index in [1.165, 1.54) is 11.3 Å². The molecule has 8 heteroatoms. The topological polar surface area (TPSA) is 55.6 Å². The van der Waals surface area contributed by atoms with Crippen LogP contribution in [0.3, 0.4) is 0 Å². The number of hydrogen-bond donors (Lipinski definition) is 0. The van der Waals surface area contributed by atoms with Crippen molar-refractivity contribution in [3.8, 4) is 5.75 Å². The van der Waals surface area contributed by atoms with Gasteiger partial charge in [-0.25, -0.2) is 4.98 Å². The third-order valence-electron chi connectivity index (χ3n) is 4.11. The summed E-state index contributed by atoms with van der Waals surface area (Å²) in [6.45, 7) is 0.345. The molecule has 0 aliphatic heterocycles. The van der Waals surface area contributed by atoms with E-state index in [1.54, 1.807) is 36.3 Å². The molecule has 0 aliphatic rings. The van der Waals surface area contributed by atoms with E-state index in [9.17, 15) is 4.79 Å². The first kappa shape index (κ1) is 19.0. The molecule has 0 unspecified atom stereocenters. The second-order valence-corrected chi connectivity index (χ2v) is 8.07. The Bertz CT molecular complexity index is 1140. The molecule has 0 saturated carbocycles. The Hall–Kier alpha value is -2.35. The van der Waals surface area contributed by atoms with Gasteiger partial charge < -0.3 is 9.15 Å². The van der Waals surface area contributed by atoms with E-state index in [-0.39, 0.29) is 11.7 Å². The van der Waals surface area contributed by atoms with Gasteiger partial charge in [-0.05, 0) is 45.8 Å². The second-order valence-electron chi connectivity index (χ2n) is 5.90. The SMILES string of the molecule is COc1ccc(Cl)c2sc(N(Cc3ccccc3)C(=O)c3ccc(Br)o3)nc12. The highest BCUT2D eigenvalue weighted by molar-refractivity contribution is 9.10. The highest BCUT2D eigenvalue weighted by Gasteiger charge is 2.25. The van der Waals surface area contributed by atoms with Gasteiger partial charge in [0.15, 0.2) is 15.6 Å². The van der Waals surface area contributed by atoms with Gasteiger partial charge in [0.25, 0.3) is 5.91 Å².